The molecule has 0 unspecified atom stereocenters. The second kappa shape index (κ2) is 7.40. The maximum atomic E-state index is 13.3. The first-order chi connectivity index (χ1) is 10.1. The maximum absolute atomic E-state index is 13.3. The molecule has 0 heterocycles. The lowest BCUT2D eigenvalue weighted by molar-refractivity contribution is -0.116. The molecule has 0 spiro atoms. The van der Waals surface area contributed by atoms with Gasteiger partial charge in [0.1, 0.15) is 0 Å². The topological polar surface area (TPSA) is 38.3 Å². The molecule has 0 saturated carbocycles. The average molecular weight is 399 g/mol. The molecule has 0 aliphatic rings. The summed E-state index contributed by atoms with van der Waals surface area (Å²) in [5, 5.41) is 2.82. The predicted molar refractivity (Wildman–Crippen MR) is 89.0 cm³/mol. The Bertz CT molecular complexity index is 646. The zero-order chi connectivity index (χ0) is 15.2. The molecule has 0 saturated heterocycles. The van der Waals surface area contributed by atoms with Gasteiger partial charge in [0, 0.05) is 9.26 Å². The number of anilines is 1. The Morgan fingerprint density at radius 2 is 2.05 bits per heavy atom. The lowest BCUT2D eigenvalue weighted by Gasteiger charge is -2.10. The van der Waals surface area contributed by atoms with Crippen molar-refractivity contribution < 1.29 is 13.9 Å². The molecule has 5 heteroatoms. The molecule has 0 bridgehead atoms. The van der Waals surface area contributed by atoms with Gasteiger partial charge in [0.2, 0.25) is 5.91 Å². The Labute approximate surface area is 136 Å². The van der Waals surface area contributed by atoms with E-state index in [1.807, 2.05) is 25.1 Å². The number of carbonyl (C=O) groups is 1. The maximum Gasteiger partial charge on any atom is 0.227 e. The van der Waals surface area contributed by atoms with E-state index in [2.05, 4.69) is 27.9 Å². The lowest BCUT2D eigenvalue weighted by atomic mass is 10.2. The number of ether oxygens (including phenoxy) is 1. The summed E-state index contributed by atoms with van der Waals surface area (Å²) >= 11 is 2.22. The predicted octanol–water partition coefficient (Wildman–Crippen LogP) is 4.15. The van der Waals surface area contributed by atoms with Crippen LogP contribution >= 0.6 is 22.6 Å². The molecule has 110 valence electrons. The molecule has 1 amide bonds. The van der Waals surface area contributed by atoms with Crippen LogP contribution in [0.5, 0.6) is 5.75 Å². The quantitative estimate of drug-likeness (QED) is 0.768. The van der Waals surface area contributed by atoms with Gasteiger partial charge in [-0.25, -0.2) is 4.39 Å². The minimum atomic E-state index is -0.425. The van der Waals surface area contributed by atoms with Crippen LogP contribution in [0.4, 0.5) is 10.1 Å². The van der Waals surface area contributed by atoms with E-state index in [1.54, 1.807) is 12.1 Å². The Morgan fingerprint density at radius 3 is 2.76 bits per heavy atom. The summed E-state index contributed by atoms with van der Waals surface area (Å²) in [5.74, 6) is -0.419. The highest BCUT2D eigenvalue weighted by atomic mass is 127. The van der Waals surface area contributed by atoms with Gasteiger partial charge in [-0.2, -0.15) is 0 Å². The summed E-state index contributed by atoms with van der Waals surface area (Å²) in [6, 6.07) is 11.9. The van der Waals surface area contributed by atoms with Crippen LogP contribution < -0.4 is 10.1 Å². The van der Waals surface area contributed by atoms with E-state index in [4.69, 9.17) is 4.74 Å². The van der Waals surface area contributed by atoms with Gasteiger partial charge in [-0.05, 0) is 65.4 Å². The monoisotopic (exact) mass is 399 g/mol. The summed E-state index contributed by atoms with van der Waals surface area (Å²) < 4.78 is 19.7. The number of carbonyl (C=O) groups excluding carboxylic acids is 1. The molecule has 21 heavy (non-hydrogen) atoms. The first-order valence-electron chi connectivity index (χ1n) is 6.49. The van der Waals surface area contributed by atoms with Crippen molar-refractivity contribution in [2.24, 2.45) is 0 Å². The van der Waals surface area contributed by atoms with Crippen LogP contribution in [-0.2, 0) is 4.79 Å². The SMILES string of the molecule is Cc1cc(I)ccc1NC(=O)CCOc1ccccc1F. The van der Waals surface area contributed by atoms with Gasteiger partial charge in [0.25, 0.3) is 0 Å². The zero-order valence-electron chi connectivity index (χ0n) is 11.5. The molecular formula is C16H15FINO2. The highest BCUT2D eigenvalue weighted by Gasteiger charge is 2.07. The molecule has 0 aliphatic heterocycles. The summed E-state index contributed by atoms with van der Waals surface area (Å²) in [4.78, 5) is 11.8. The second-order valence-electron chi connectivity index (χ2n) is 4.54. The first-order valence-corrected chi connectivity index (χ1v) is 7.57. The van der Waals surface area contributed by atoms with Crippen molar-refractivity contribution in [1.29, 1.82) is 0 Å². The fourth-order valence-electron chi connectivity index (χ4n) is 1.80. The van der Waals surface area contributed by atoms with Crippen molar-refractivity contribution in [3.05, 3.63) is 57.4 Å². The Morgan fingerprint density at radius 1 is 1.29 bits per heavy atom. The molecule has 0 atom stereocenters. The van der Waals surface area contributed by atoms with E-state index in [1.165, 1.54) is 12.1 Å². The number of nitrogens with one attached hydrogen (secondary N) is 1. The normalized spacial score (nSPS) is 10.2. The molecule has 3 nitrogen and oxygen atoms in total. The summed E-state index contributed by atoms with van der Waals surface area (Å²) in [6.07, 6.45) is 0.166. The standard InChI is InChI=1S/C16H15FINO2/c1-11-10-12(18)6-7-14(11)19-16(20)8-9-21-15-5-3-2-4-13(15)17/h2-7,10H,8-9H2,1H3,(H,19,20). The molecule has 2 rings (SSSR count). The molecule has 2 aromatic rings. The number of para-hydroxylation sites is 1. The summed E-state index contributed by atoms with van der Waals surface area (Å²) in [7, 11) is 0. The number of amides is 1. The van der Waals surface area contributed by atoms with Gasteiger partial charge < -0.3 is 10.1 Å². The van der Waals surface area contributed by atoms with Crippen molar-refractivity contribution in [2.45, 2.75) is 13.3 Å². The van der Waals surface area contributed by atoms with Crippen molar-refractivity contribution in [2.75, 3.05) is 11.9 Å². The lowest BCUT2D eigenvalue weighted by Crippen LogP contribution is -2.16. The van der Waals surface area contributed by atoms with Crippen LogP contribution in [0.1, 0.15) is 12.0 Å². The van der Waals surface area contributed by atoms with Crippen LogP contribution in [0.15, 0.2) is 42.5 Å². The van der Waals surface area contributed by atoms with E-state index >= 15 is 0 Å². The summed E-state index contributed by atoms with van der Waals surface area (Å²) in [6.45, 7) is 2.07. The molecule has 0 radical (unpaired) electrons. The number of aryl methyl sites for hydroxylation is 1. The smallest absolute Gasteiger partial charge is 0.227 e. The van der Waals surface area contributed by atoms with Crippen molar-refractivity contribution >= 4 is 34.2 Å². The van der Waals surface area contributed by atoms with E-state index in [9.17, 15) is 9.18 Å². The van der Waals surface area contributed by atoms with Gasteiger partial charge in [-0.1, -0.05) is 12.1 Å². The molecular weight excluding hydrogens is 384 g/mol. The number of rotatable bonds is 5. The van der Waals surface area contributed by atoms with Gasteiger partial charge in [-0.3, -0.25) is 4.79 Å². The van der Waals surface area contributed by atoms with Gasteiger partial charge in [0.15, 0.2) is 11.6 Å². The van der Waals surface area contributed by atoms with Crippen LogP contribution in [-0.4, -0.2) is 12.5 Å². The largest absolute Gasteiger partial charge is 0.490 e. The van der Waals surface area contributed by atoms with Crippen molar-refractivity contribution in [3.63, 3.8) is 0 Å². The van der Waals surface area contributed by atoms with Gasteiger partial charge >= 0.3 is 0 Å². The molecule has 2 aromatic carbocycles. The van der Waals surface area contributed by atoms with Crippen LogP contribution in [0.2, 0.25) is 0 Å². The van der Waals surface area contributed by atoms with Gasteiger partial charge in [0.05, 0.1) is 13.0 Å². The number of halogens is 2. The molecule has 0 aliphatic carbocycles. The number of hydrogen-bond donors (Lipinski definition) is 1. The number of benzene rings is 2. The zero-order valence-corrected chi connectivity index (χ0v) is 13.7. The average Bonchev–Trinajstić information content (AvgIpc) is 2.44. The second-order valence-corrected chi connectivity index (χ2v) is 5.78. The van der Waals surface area contributed by atoms with Gasteiger partial charge in [-0.15, -0.1) is 0 Å². The fraction of sp³-hybridized carbons (Fsp3) is 0.188. The van der Waals surface area contributed by atoms with Crippen LogP contribution in [0, 0.1) is 16.3 Å². The van der Waals surface area contributed by atoms with Crippen LogP contribution in [0.25, 0.3) is 0 Å². The third-order valence-corrected chi connectivity index (χ3v) is 3.56. The third kappa shape index (κ3) is 4.70. The minimum Gasteiger partial charge on any atom is -0.490 e. The molecule has 0 fully saturated rings. The first kappa shape index (κ1) is 15.8. The molecule has 1 N–H and O–H groups in total. The number of hydrogen-bond acceptors (Lipinski definition) is 2. The van der Waals surface area contributed by atoms with Crippen molar-refractivity contribution in [1.82, 2.24) is 0 Å². The van der Waals surface area contributed by atoms with E-state index in [0.717, 1.165) is 14.8 Å². The van der Waals surface area contributed by atoms with E-state index in [0.29, 0.717) is 0 Å². The Balaban J connectivity index is 1.84. The van der Waals surface area contributed by atoms with E-state index < -0.39 is 5.82 Å². The Hall–Kier alpha value is -1.63. The fourth-order valence-corrected chi connectivity index (χ4v) is 2.44. The molecule has 0 aromatic heterocycles. The van der Waals surface area contributed by atoms with E-state index in [-0.39, 0.29) is 24.7 Å². The minimum absolute atomic E-state index is 0.135. The van der Waals surface area contributed by atoms with Crippen molar-refractivity contribution in [3.8, 4) is 5.75 Å². The highest BCUT2D eigenvalue weighted by Crippen LogP contribution is 2.18. The third-order valence-electron chi connectivity index (χ3n) is 2.89. The summed E-state index contributed by atoms with van der Waals surface area (Å²) in [5.41, 5.74) is 1.79. The van der Waals surface area contributed by atoms with Crippen LogP contribution in [0.3, 0.4) is 0 Å². The Kier molecular flexibility index (Phi) is 5.55. The highest BCUT2D eigenvalue weighted by molar-refractivity contribution is 14.1.